The zero-order chi connectivity index (χ0) is 19.6. The van der Waals surface area contributed by atoms with Crippen LogP contribution >= 0.6 is 11.6 Å². The normalized spacial score (nSPS) is 20.2. The lowest BCUT2D eigenvalue weighted by atomic mass is 10.0. The van der Waals surface area contributed by atoms with Gasteiger partial charge in [0, 0.05) is 24.2 Å². The number of benzene rings is 2. The van der Waals surface area contributed by atoms with Crippen LogP contribution in [0.2, 0.25) is 5.02 Å². The minimum Gasteiger partial charge on any atom is -0.390 e. The summed E-state index contributed by atoms with van der Waals surface area (Å²) in [5.41, 5.74) is 1.93. The van der Waals surface area contributed by atoms with Crippen molar-refractivity contribution in [1.82, 2.24) is 0 Å². The molecule has 6 nitrogen and oxygen atoms in total. The Balaban J connectivity index is 2.10. The van der Waals surface area contributed by atoms with Crippen molar-refractivity contribution in [3.63, 3.8) is 0 Å². The second-order valence-electron chi connectivity index (χ2n) is 6.44. The van der Waals surface area contributed by atoms with E-state index in [0.29, 0.717) is 16.3 Å². The van der Waals surface area contributed by atoms with Gasteiger partial charge in [-0.15, -0.1) is 0 Å². The van der Waals surface area contributed by atoms with Gasteiger partial charge < -0.3 is 14.6 Å². The Morgan fingerprint density at radius 3 is 2.59 bits per heavy atom. The van der Waals surface area contributed by atoms with E-state index >= 15 is 0 Å². The van der Waals surface area contributed by atoms with E-state index in [-0.39, 0.29) is 24.7 Å². The van der Waals surface area contributed by atoms with E-state index in [2.05, 4.69) is 0 Å². The Kier molecular flexibility index (Phi) is 6.08. The molecule has 0 fully saturated rings. The molecule has 0 amide bonds. The Bertz CT molecular complexity index is 901. The molecule has 2 aromatic rings. The highest BCUT2D eigenvalue weighted by molar-refractivity contribution is 7.92. The van der Waals surface area contributed by atoms with Crippen LogP contribution in [0.25, 0.3) is 0 Å². The zero-order valence-corrected chi connectivity index (χ0v) is 16.7. The summed E-state index contributed by atoms with van der Waals surface area (Å²) in [4.78, 5) is 0.194. The smallest absolute Gasteiger partial charge is 0.264 e. The fourth-order valence-electron chi connectivity index (χ4n) is 3.14. The van der Waals surface area contributed by atoms with Crippen LogP contribution in [0.5, 0.6) is 0 Å². The molecule has 0 aromatic heterocycles. The maximum atomic E-state index is 13.3. The van der Waals surface area contributed by atoms with E-state index in [1.165, 1.54) is 11.4 Å². The third-order valence-corrected chi connectivity index (χ3v) is 6.58. The van der Waals surface area contributed by atoms with Crippen LogP contribution in [0.4, 0.5) is 5.69 Å². The molecule has 0 saturated carbocycles. The number of fused-ring (bicyclic) bond motifs is 1. The van der Waals surface area contributed by atoms with E-state index in [1.807, 2.05) is 6.92 Å². The fraction of sp³-hybridized carbons (Fsp3) is 0.368. The van der Waals surface area contributed by atoms with Crippen molar-refractivity contribution in [3.8, 4) is 0 Å². The van der Waals surface area contributed by atoms with Gasteiger partial charge in [0.2, 0.25) is 0 Å². The second kappa shape index (κ2) is 8.16. The molecule has 1 aliphatic rings. The first-order valence-corrected chi connectivity index (χ1v) is 10.3. The molecule has 1 aliphatic heterocycles. The lowest BCUT2D eigenvalue weighted by Gasteiger charge is -2.26. The largest absolute Gasteiger partial charge is 0.390 e. The van der Waals surface area contributed by atoms with Gasteiger partial charge in [-0.05, 0) is 43.7 Å². The molecule has 27 heavy (non-hydrogen) atoms. The van der Waals surface area contributed by atoms with Gasteiger partial charge in [-0.3, -0.25) is 4.31 Å². The minimum atomic E-state index is -3.80. The predicted octanol–water partition coefficient (Wildman–Crippen LogP) is 3.27. The molecule has 1 N–H and O–H groups in total. The predicted molar refractivity (Wildman–Crippen MR) is 103 cm³/mol. The number of aliphatic hydroxyl groups excluding tert-OH is 1. The Morgan fingerprint density at radius 2 is 1.93 bits per heavy atom. The summed E-state index contributed by atoms with van der Waals surface area (Å²) in [7, 11) is -2.32. The maximum Gasteiger partial charge on any atom is 0.264 e. The van der Waals surface area contributed by atoms with Crippen molar-refractivity contribution < 1.29 is 23.0 Å². The number of rotatable bonds is 5. The van der Waals surface area contributed by atoms with Gasteiger partial charge in [-0.2, -0.15) is 0 Å². The summed E-state index contributed by atoms with van der Waals surface area (Å²) in [5.74, 6) is 0. The molecular weight excluding hydrogens is 390 g/mol. The first kappa shape index (κ1) is 20.1. The molecule has 0 saturated heterocycles. The first-order chi connectivity index (χ1) is 12.8. The molecule has 1 heterocycles. The standard InChI is InChI=1S/C19H22ClNO5S/c1-13-3-6-15(7-4-13)27(23,24)21-10-9-18(22)19(26-12-25-2)16-11-14(20)5-8-17(16)21/h3-8,11,18-19,22H,9-10,12H2,1-2H3/t18-,19-/m1/s1. The third-order valence-electron chi connectivity index (χ3n) is 4.52. The number of sulfonamides is 1. The second-order valence-corrected chi connectivity index (χ2v) is 8.74. The highest BCUT2D eigenvalue weighted by atomic mass is 35.5. The minimum absolute atomic E-state index is 0.0294. The van der Waals surface area contributed by atoms with Gasteiger partial charge in [0.15, 0.2) is 0 Å². The maximum absolute atomic E-state index is 13.3. The summed E-state index contributed by atoms with van der Waals surface area (Å²) < 4.78 is 38.4. The fourth-order valence-corrected chi connectivity index (χ4v) is 4.82. The average Bonchev–Trinajstić information content (AvgIpc) is 2.76. The van der Waals surface area contributed by atoms with Crippen LogP contribution in [-0.4, -0.2) is 40.1 Å². The van der Waals surface area contributed by atoms with Crippen molar-refractivity contribution in [1.29, 1.82) is 0 Å². The lowest BCUT2D eigenvalue weighted by molar-refractivity contribution is -0.114. The number of halogens is 1. The van der Waals surface area contributed by atoms with E-state index in [4.69, 9.17) is 21.1 Å². The molecule has 8 heteroatoms. The van der Waals surface area contributed by atoms with Gasteiger partial charge in [-0.1, -0.05) is 29.3 Å². The quantitative estimate of drug-likeness (QED) is 0.764. The summed E-state index contributed by atoms with van der Waals surface area (Å²) >= 11 is 6.14. The van der Waals surface area contributed by atoms with E-state index in [0.717, 1.165) is 5.56 Å². The first-order valence-electron chi connectivity index (χ1n) is 8.52. The molecule has 2 atom stereocenters. The van der Waals surface area contributed by atoms with Gasteiger partial charge >= 0.3 is 0 Å². The van der Waals surface area contributed by atoms with E-state index in [9.17, 15) is 13.5 Å². The Morgan fingerprint density at radius 1 is 1.22 bits per heavy atom. The monoisotopic (exact) mass is 411 g/mol. The lowest BCUT2D eigenvalue weighted by Crippen LogP contribution is -2.32. The Hall–Kier alpha value is -1.64. The molecular formula is C19H22ClNO5S. The number of anilines is 1. The third kappa shape index (κ3) is 4.12. The topological polar surface area (TPSA) is 76.1 Å². The number of hydrogen-bond donors (Lipinski definition) is 1. The number of hydrogen-bond acceptors (Lipinski definition) is 5. The zero-order valence-electron chi connectivity index (χ0n) is 15.1. The molecule has 0 radical (unpaired) electrons. The van der Waals surface area contributed by atoms with Crippen molar-refractivity contribution in [2.24, 2.45) is 0 Å². The highest BCUT2D eigenvalue weighted by Crippen LogP contribution is 2.39. The van der Waals surface area contributed by atoms with Crippen molar-refractivity contribution >= 4 is 27.3 Å². The summed E-state index contributed by atoms with van der Waals surface area (Å²) in [6.45, 7) is 1.99. The Labute approximate surface area is 164 Å². The number of methoxy groups -OCH3 is 1. The van der Waals surface area contributed by atoms with Crippen LogP contribution in [-0.2, 0) is 19.5 Å². The molecule has 0 aliphatic carbocycles. The molecule has 0 spiro atoms. The molecule has 2 aromatic carbocycles. The van der Waals surface area contributed by atoms with Gasteiger partial charge in [0.25, 0.3) is 10.0 Å². The number of aryl methyl sites for hydroxylation is 1. The van der Waals surface area contributed by atoms with Gasteiger partial charge in [0.05, 0.1) is 16.7 Å². The van der Waals surface area contributed by atoms with Crippen LogP contribution in [0.15, 0.2) is 47.4 Å². The average molecular weight is 412 g/mol. The highest BCUT2D eigenvalue weighted by Gasteiger charge is 2.35. The summed E-state index contributed by atoms with van der Waals surface area (Å²) in [6, 6.07) is 11.6. The van der Waals surface area contributed by atoms with Crippen molar-refractivity contribution in [2.75, 3.05) is 24.8 Å². The van der Waals surface area contributed by atoms with Gasteiger partial charge in [0.1, 0.15) is 12.9 Å². The number of ether oxygens (including phenoxy) is 2. The molecule has 146 valence electrons. The summed E-state index contributed by atoms with van der Waals surface area (Å²) in [5, 5.41) is 11.0. The van der Waals surface area contributed by atoms with E-state index in [1.54, 1.807) is 42.5 Å². The van der Waals surface area contributed by atoms with Crippen LogP contribution in [0, 0.1) is 6.92 Å². The number of aliphatic hydroxyl groups is 1. The number of nitrogens with zero attached hydrogens (tertiary/aromatic N) is 1. The molecule has 0 unspecified atom stereocenters. The van der Waals surface area contributed by atoms with Crippen LogP contribution in [0.1, 0.15) is 23.7 Å². The SMILES string of the molecule is COCO[C@@H]1c2cc(Cl)ccc2N(S(=O)(=O)c2ccc(C)cc2)CC[C@H]1O. The molecule has 3 rings (SSSR count). The van der Waals surface area contributed by atoms with Crippen molar-refractivity contribution in [2.45, 2.75) is 30.4 Å². The summed E-state index contributed by atoms with van der Waals surface area (Å²) in [6.07, 6.45) is -1.42. The van der Waals surface area contributed by atoms with E-state index < -0.39 is 22.2 Å². The van der Waals surface area contributed by atoms with Crippen molar-refractivity contribution in [3.05, 3.63) is 58.6 Å². The van der Waals surface area contributed by atoms with Crippen LogP contribution in [0.3, 0.4) is 0 Å². The van der Waals surface area contributed by atoms with Gasteiger partial charge in [-0.25, -0.2) is 8.42 Å². The molecule has 0 bridgehead atoms. The van der Waals surface area contributed by atoms with Crippen LogP contribution < -0.4 is 4.31 Å².